The first kappa shape index (κ1) is 18.2. The van der Waals surface area contributed by atoms with E-state index in [1.54, 1.807) is 6.07 Å². The van der Waals surface area contributed by atoms with Crippen molar-refractivity contribution in [2.45, 2.75) is 62.9 Å². The van der Waals surface area contributed by atoms with Crippen LogP contribution in [0.4, 0.5) is 14.9 Å². The standard InChI is InChI=1S/C19H23FN2O5/c1-9(23)21-8-18-15-5-11-4-12(10-2-3-16(24)17(25)6-10)13(20)7-14(11)22(15)19(26)27-18/h4,7,10,15-18,24-25H,2-3,5-6,8H2,1H3,(H,21,23)/t10?,15-,16?,17?,18-/m0/s1. The lowest BCUT2D eigenvalue weighted by Gasteiger charge is -2.30. The molecule has 0 radical (unpaired) electrons. The molecule has 2 fully saturated rings. The number of anilines is 1. The van der Waals surface area contributed by atoms with Crippen LogP contribution in [0, 0.1) is 5.82 Å². The second kappa shape index (κ2) is 6.76. The zero-order chi connectivity index (χ0) is 19.3. The fourth-order valence-corrected chi connectivity index (χ4v) is 4.45. The van der Waals surface area contributed by atoms with Gasteiger partial charge < -0.3 is 20.3 Å². The van der Waals surface area contributed by atoms with E-state index in [0.29, 0.717) is 36.9 Å². The van der Waals surface area contributed by atoms with Gasteiger partial charge in [-0.2, -0.15) is 0 Å². The number of halogens is 1. The molecule has 4 rings (SSSR count). The van der Waals surface area contributed by atoms with E-state index in [1.807, 2.05) is 0 Å². The smallest absolute Gasteiger partial charge is 0.415 e. The summed E-state index contributed by atoms with van der Waals surface area (Å²) in [7, 11) is 0. The van der Waals surface area contributed by atoms with Crippen LogP contribution in [-0.4, -0.2) is 53.1 Å². The van der Waals surface area contributed by atoms with Gasteiger partial charge in [-0.05, 0) is 48.8 Å². The van der Waals surface area contributed by atoms with Crippen LogP contribution in [0.15, 0.2) is 12.1 Å². The highest BCUT2D eigenvalue weighted by molar-refractivity contribution is 5.94. The average molecular weight is 378 g/mol. The predicted molar refractivity (Wildman–Crippen MR) is 93.9 cm³/mol. The Morgan fingerprint density at radius 2 is 2.11 bits per heavy atom. The molecule has 0 aromatic heterocycles. The minimum absolute atomic E-state index is 0.161. The van der Waals surface area contributed by atoms with Gasteiger partial charge in [0.05, 0.1) is 30.5 Å². The second-order valence-corrected chi connectivity index (χ2v) is 7.65. The van der Waals surface area contributed by atoms with Crippen molar-refractivity contribution in [1.82, 2.24) is 5.32 Å². The summed E-state index contributed by atoms with van der Waals surface area (Å²) in [5.41, 5.74) is 1.89. The molecule has 2 heterocycles. The maximum Gasteiger partial charge on any atom is 0.415 e. The van der Waals surface area contributed by atoms with Gasteiger partial charge in [0, 0.05) is 6.92 Å². The Bertz CT molecular complexity index is 786. The number of hydrogen-bond donors (Lipinski definition) is 3. The molecule has 8 heteroatoms. The quantitative estimate of drug-likeness (QED) is 0.734. The van der Waals surface area contributed by atoms with E-state index in [2.05, 4.69) is 5.32 Å². The molecule has 1 saturated heterocycles. The van der Waals surface area contributed by atoms with Crippen molar-refractivity contribution in [3.63, 3.8) is 0 Å². The van der Waals surface area contributed by atoms with Gasteiger partial charge in [0.1, 0.15) is 11.9 Å². The van der Waals surface area contributed by atoms with Gasteiger partial charge in [-0.15, -0.1) is 0 Å². The number of carbonyl (C=O) groups excluding carboxylic acids is 2. The Labute approximate surface area is 156 Å². The second-order valence-electron chi connectivity index (χ2n) is 7.65. The summed E-state index contributed by atoms with van der Waals surface area (Å²) in [6.45, 7) is 1.62. The van der Waals surface area contributed by atoms with Crippen LogP contribution in [0.25, 0.3) is 0 Å². The molecule has 3 N–H and O–H groups in total. The molecule has 1 saturated carbocycles. The zero-order valence-corrected chi connectivity index (χ0v) is 15.0. The van der Waals surface area contributed by atoms with Crippen molar-refractivity contribution in [3.05, 3.63) is 29.1 Å². The van der Waals surface area contributed by atoms with E-state index < -0.39 is 30.2 Å². The number of ether oxygens (including phenoxy) is 1. The predicted octanol–water partition coefficient (Wildman–Crippen LogP) is 1.20. The van der Waals surface area contributed by atoms with E-state index in [0.717, 1.165) is 5.56 Å². The molecule has 3 aliphatic rings. The Hall–Kier alpha value is -2.19. The third-order valence-corrected chi connectivity index (χ3v) is 5.87. The number of fused-ring (bicyclic) bond motifs is 3. The summed E-state index contributed by atoms with van der Waals surface area (Å²) < 4.78 is 20.1. The molecule has 0 bridgehead atoms. The maximum atomic E-state index is 14.8. The number of hydrogen-bond acceptors (Lipinski definition) is 5. The maximum absolute atomic E-state index is 14.8. The highest BCUT2D eigenvalue weighted by atomic mass is 19.1. The molecule has 5 atom stereocenters. The van der Waals surface area contributed by atoms with Crippen molar-refractivity contribution in [2.75, 3.05) is 11.4 Å². The number of nitrogens with zero attached hydrogens (tertiary/aromatic N) is 1. The molecule has 1 aromatic rings. The Morgan fingerprint density at radius 1 is 1.33 bits per heavy atom. The lowest BCUT2D eigenvalue weighted by atomic mass is 9.80. The van der Waals surface area contributed by atoms with Crippen molar-refractivity contribution < 1.29 is 28.9 Å². The number of benzene rings is 1. The number of cyclic esters (lactones) is 1. The first-order valence-electron chi connectivity index (χ1n) is 9.28. The van der Waals surface area contributed by atoms with Crippen molar-refractivity contribution in [3.8, 4) is 0 Å². The fraction of sp³-hybridized carbons (Fsp3) is 0.579. The SMILES string of the molecule is CC(=O)NC[C@@H]1OC(=O)N2c3cc(F)c(C4CCC(O)C(O)C4)cc3C[C@@H]12. The third-order valence-electron chi connectivity index (χ3n) is 5.87. The van der Waals surface area contributed by atoms with E-state index >= 15 is 0 Å². The van der Waals surface area contributed by atoms with Gasteiger partial charge in [-0.1, -0.05) is 6.07 Å². The van der Waals surface area contributed by atoms with Crippen LogP contribution in [0.5, 0.6) is 0 Å². The van der Waals surface area contributed by atoms with Crippen molar-refractivity contribution in [1.29, 1.82) is 0 Å². The average Bonchev–Trinajstić information content (AvgIpc) is 3.12. The van der Waals surface area contributed by atoms with Gasteiger partial charge in [0.15, 0.2) is 0 Å². The third kappa shape index (κ3) is 3.17. The topological polar surface area (TPSA) is 99.1 Å². The summed E-state index contributed by atoms with van der Waals surface area (Å²) in [6.07, 6.45) is -0.737. The van der Waals surface area contributed by atoms with Crippen molar-refractivity contribution in [2.24, 2.45) is 0 Å². The molecule has 3 unspecified atom stereocenters. The van der Waals surface area contributed by atoms with Gasteiger partial charge in [0.25, 0.3) is 0 Å². The summed E-state index contributed by atoms with van der Waals surface area (Å²) in [4.78, 5) is 24.9. The number of aliphatic hydroxyl groups is 2. The van der Waals surface area contributed by atoms with Crippen LogP contribution in [0.3, 0.4) is 0 Å². The molecule has 0 spiro atoms. The highest BCUT2D eigenvalue weighted by Gasteiger charge is 2.48. The first-order valence-corrected chi connectivity index (χ1v) is 9.28. The summed E-state index contributed by atoms with van der Waals surface area (Å²) >= 11 is 0. The van der Waals surface area contributed by atoms with Crippen molar-refractivity contribution >= 4 is 17.7 Å². The molecule has 1 aliphatic carbocycles. The lowest BCUT2D eigenvalue weighted by Crippen LogP contribution is -2.40. The molecule has 7 nitrogen and oxygen atoms in total. The van der Waals surface area contributed by atoms with Crippen LogP contribution >= 0.6 is 0 Å². The Balaban J connectivity index is 1.58. The molecule has 2 amide bonds. The Kier molecular flexibility index (Phi) is 4.55. The van der Waals surface area contributed by atoms with Crippen LogP contribution in [-0.2, 0) is 16.0 Å². The largest absolute Gasteiger partial charge is 0.442 e. The number of rotatable bonds is 3. The highest BCUT2D eigenvalue weighted by Crippen LogP contribution is 2.43. The summed E-state index contributed by atoms with van der Waals surface area (Å²) in [5.74, 6) is -0.779. The van der Waals surface area contributed by atoms with E-state index in [1.165, 1.54) is 17.9 Å². The molecule has 146 valence electrons. The molecule has 27 heavy (non-hydrogen) atoms. The number of aliphatic hydroxyl groups excluding tert-OH is 2. The van der Waals surface area contributed by atoms with Gasteiger partial charge in [-0.3, -0.25) is 9.69 Å². The van der Waals surface area contributed by atoms with Crippen LogP contribution in [0.1, 0.15) is 43.2 Å². The lowest BCUT2D eigenvalue weighted by molar-refractivity contribution is -0.119. The molecular formula is C19H23FN2O5. The minimum atomic E-state index is -0.850. The summed E-state index contributed by atoms with van der Waals surface area (Å²) in [6, 6.07) is 2.87. The van der Waals surface area contributed by atoms with E-state index in [9.17, 15) is 24.2 Å². The molecule has 1 aromatic carbocycles. The van der Waals surface area contributed by atoms with Crippen LogP contribution in [0.2, 0.25) is 0 Å². The van der Waals surface area contributed by atoms with E-state index in [-0.39, 0.29) is 24.4 Å². The zero-order valence-electron chi connectivity index (χ0n) is 15.0. The van der Waals surface area contributed by atoms with Gasteiger partial charge in [0.2, 0.25) is 5.91 Å². The number of carbonyl (C=O) groups is 2. The normalized spacial score (nSPS) is 32.1. The number of nitrogens with one attached hydrogen (secondary N) is 1. The van der Waals surface area contributed by atoms with Crippen LogP contribution < -0.4 is 10.2 Å². The van der Waals surface area contributed by atoms with Gasteiger partial charge in [-0.25, -0.2) is 9.18 Å². The molecular weight excluding hydrogens is 355 g/mol. The first-order chi connectivity index (χ1) is 12.8. The monoisotopic (exact) mass is 378 g/mol. The molecule has 2 aliphatic heterocycles. The van der Waals surface area contributed by atoms with Gasteiger partial charge >= 0.3 is 6.09 Å². The summed E-state index contributed by atoms with van der Waals surface area (Å²) in [5, 5.41) is 22.3. The fourth-order valence-electron chi connectivity index (χ4n) is 4.45. The minimum Gasteiger partial charge on any atom is -0.442 e. The number of amides is 2. The Morgan fingerprint density at radius 3 is 2.81 bits per heavy atom. The van der Waals surface area contributed by atoms with E-state index in [4.69, 9.17) is 4.74 Å².